The monoisotopic (exact) mass is 549 g/mol. The molecule has 3 aromatic rings. The molecule has 4 rings (SSSR count). The van der Waals surface area contributed by atoms with E-state index in [4.69, 9.17) is 0 Å². The zero-order valence-corrected chi connectivity index (χ0v) is 20.6. The van der Waals surface area contributed by atoms with Crippen molar-refractivity contribution in [2.75, 3.05) is 9.62 Å². The lowest BCUT2D eigenvalue weighted by Crippen LogP contribution is -2.46. The van der Waals surface area contributed by atoms with Gasteiger partial charge in [-0.05, 0) is 48.4 Å². The molecule has 3 N–H and O–H groups in total. The van der Waals surface area contributed by atoms with Crippen molar-refractivity contribution in [2.45, 2.75) is 31.8 Å². The summed E-state index contributed by atoms with van der Waals surface area (Å²) in [4.78, 5) is 30.7. The Bertz CT molecular complexity index is 1440. The Balaban J connectivity index is 1.49. The van der Waals surface area contributed by atoms with Gasteiger partial charge < -0.3 is 10.1 Å². The van der Waals surface area contributed by atoms with Crippen molar-refractivity contribution in [3.8, 4) is 5.75 Å². The van der Waals surface area contributed by atoms with Gasteiger partial charge in [-0.25, -0.2) is 9.69 Å². The molecule has 0 aliphatic carbocycles. The number of urea groups is 1. The fourth-order valence-corrected chi connectivity index (χ4v) is 4.74. The maximum absolute atomic E-state index is 13.3. The van der Waals surface area contributed by atoms with E-state index in [2.05, 4.69) is 24.5 Å². The van der Waals surface area contributed by atoms with Crippen LogP contribution in [0.1, 0.15) is 18.1 Å². The molecule has 14 heteroatoms. The van der Waals surface area contributed by atoms with Crippen LogP contribution in [0.25, 0.3) is 0 Å². The van der Waals surface area contributed by atoms with E-state index in [1.807, 2.05) is 0 Å². The maximum atomic E-state index is 13.3. The minimum atomic E-state index is -4.89. The predicted molar refractivity (Wildman–Crippen MR) is 131 cm³/mol. The van der Waals surface area contributed by atoms with Crippen LogP contribution in [0.15, 0.2) is 73.1 Å². The highest BCUT2D eigenvalue weighted by Gasteiger charge is 2.48. The van der Waals surface area contributed by atoms with E-state index in [9.17, 15) is 31.2 Å². The molecule has 200 valence electrons. The van der Waals surface area contributed by atoms with E-state index in [1.165, 1.54) is 25.4 Å². The van der Waals surface area contributed by atoms with Gasteiger partial charge in [-0.2, -0.15) is 13.1 Å². The summed E-state index contributed by atoms with van der Waals surface area (Å²) in [6.07, 6.45) is -2.31. The first-order chi connectivity index (χ1) is 17.9. The number of nitrogens with one attached hydrogen (secondary N) is 3. The molecule has 10 nitrogen and oxygen atoms in total. The average Bonchev–Trinajstić information content (AvgIpc) is 3.07. The Morgan fingerprint density at radius 3 is 2.39 bits per heavy atom. The minimum absolute atomic E-state index is 0.0338. The second-order valence-electron chi connectivity index (χ2n) is 8.57. The second kappa shape index (κ2) is 10.3. The van der Waals surface area contributed by atoms with Gasteiger partial charge in [0.2, 0.25) is 0 Å². The number of aromatic nitrogens is 1. The summed E-state index contributed by atoms with van der Waals surface area (Å²) in [6.45, 7) is 1.50. The summed E-state index contributed by atoms with van der Waals surface area (Å²) in [5.74, 6) is -1.19. The third-order valence-corrected chi connectivity index (χ3v) is 6.61. The molecule has 0 saturated carbocycles. The normalized spacial score (nSPS) is 17.8. The van der Waals surface area contributed by atoms with Crippen LogP contribution in [0.4, 0.5) is 29.3 Å². The largest absolute Gasteiger partial charge is 0.573 e. The molecule has 1 saturated heterocycles. The standard InChI is InChI=1S/C24H22F3N5O5S/c1-23(21(33)32(22(34)30-23)18-7-9-19(10-8-18)37-24(25,26)27)13-17-11-12-28-15-20(17)31-38(35,36)29-14-16-5-3-2-4-6-16/h2-12,15,29,31H,13-14H2,1H3,(H,30,34). The van der Waals surface area contributed by atoms with Gasteiger partial charge in [-0.1, -0.05) is 30.3 Å². The minimum Gasteiger partial charge on any atom is -0.406 e. The van der Waals surface area contributed by atoms with Crippen LogP contribution < -0.4 is 24.4 Å². The van der Waals surface area contributed by atoms with Crippen molar-refractivity contribution in [3.63, 3.8) is 0 Å². The molecule has 1 aromatic heterocycles. The van der Waals surface area contributed by atoms with Crippen molar-refractivity contribution < 1.29 is 35.9 Å². The number of amides is 3. The molecule has 1 unspecified atom stereocenters. The van der Waals surface area contributed by atoms with Gasteiger partial charge in [0.1, 0.15) is 11.3 Å². The first kappa shape index (κ1) is 26.9. The summed E-state index contributed by atoms with van der Waals surface area (Å²) in [5.41, 5.74) is -0.238. The van der Waals surface area contributed by atoms with Gasteiger partial charge in [-0.15, -0.1) is 13.2 Å². The molecule has 2 aromatic carbocycles. The van der Waals surface area contributed by atoms with Crippen LogP contribution in [0, 0.1) is 0 Å². The van der Waals surface area contributed by atoms with Crippen LogP contribution in [0.3, 0.4) is 0 Å². The third kappa shape index (κ3) is 6.39. The molecule has 3 amide bonds. The van der Waals surface area contributed by atoms with Gasteiger partial charge in [0, 0.05) is 19.2 Å². The van der Waals surface area contributed by atoms with Crippen LogP contribution >= 0.6 is 0 Å². The summed E-state index contributed by atoms with van der Waals surface area (Å²) < 4.78 is 71.2. The summed E-state index contributed by atoms with van der Waals surface area (Å²) in [7, 11) is -4.02. The van der Waals surface area contributed by atoms with E-state index >= 15 is 0 Å². The molecule has 0 radical (unpaired) electrons. The van der Waals surface area contributed by atoms with Gasteiger partial charge in [0.25, 0.3) is 16.1 Å². The van der Waals surface area contributed by atoms with E-state index in [0.29, 0.717) is 5.56 Å². The van der Waals surface area contributed by atoms with E-state index < -0.39 is 39.8 Å². The zero-order chi connectivity index (χ0) is 27.6. The quantitative estimate of drug-likeness (QED) is 0.351. The molecular weight excluding hydrogens is 527 g/mol. The smallest absolute Gasteiger partial charge is 0.406 e. The number of rotatable bonds is 9. The van der Waals surface area contributed by atoms with Crippen molar-refractivity contribution in [3.05, 3.63) is 84.2 Å². The highest BCUT2D eigenvalue weighted by atomic mass is 32.2. The Hall–Kier alpha value is -4.17. The number of carbonyl (C=O) groups excluding carboxylic acids is 2. The summed E-state index contributed by atoms with van der Waals surface area (Å²) in [6, 6.07) is 13.9. The van der Waals surface area contributed by atoms with Gasteiger partial charge in [-0.3, -0.25) is 14.5 Å². The molecule has 0 bridgehead atoms. The van der Waals surface area contributed by atoms with Crippen LogP contribution in [-0.4, -0.2) is 37.2 Å². The Kier molecular flexibility index (Phi) is 7.29. The number of carbonyl (C=O) groups is 2. The van der Waals surface area contributed by atoms with Crippen LogP contribution in [-0.2, 0) is 28.0 Å². The molecule has 2 heterocycles. The Morgan fingerprint density at radius 1 is 1.05 bits per heavy atom. The number of hydrogen-bond acceptors (Lipinski definition) is 6. The predicted octanol–water partition coefficient (Wildman–Crippen LogP) is 3.48. The van der Waals surface area contributed by atoms with Gasteiger partial charge >= 0.3 is 12.4 Å². The zero-order valence-electron chi connectivity index (χ0n) is 19.8. The number of pyridine rings is 1. The maximum Gasteiger partial charge on any atom is 0.573 e. The Morgan fingerprint density at radius 2 is 1.74 bits per heavy atom. The topological polar surface area (TPSA) is 130 Å². The lowest BCUT2D eigenvalue weighted by atomic mass is 9.92. The number of alkyl halides is 3. The highest BCUT2D eigenvalue weighted by Crippen LogP contribution is 2.31. The number of hydrogen-bond donors (Lipinski definition) is 3. The van der Waals surface area contributed by atoms with Crippen molar-refractivity contribution >= 4 is 33.5 Å². The van der Waals surface area contributed by atoms with Gasteiger partial charge in [0.15, 0.2) is 0 Å². The molecule has 1 aliphatic heterocycles. The van der Waals surface area contributed by atoms with Gasteiger partial charge in [0.05, 0.1) is 17.6 Å². The van der Waals surface area contributed by atoms with E-state index in [0.717, 1.165) is 34.7 Å². The second-order valence-corrected chi connectivity index (χ2v) is 10.1. The molecular formula is C24H22F3N5O5S. The molecule has 0 spiro atoms. The fourth-order valence-electron chi connectivity index (χ4n) is 3.84. The SMILES string of the molecule is CC1(Cc2ccncc2NS(=O)(=O)NCc2ccccc2)NC(=O)N(c2ccc(OC(F)(F)F)cc2)C1=O. The summed E-state index contributed by atoms with van der Waals surface area (Å²) >= 11 is 0. The van der Waals surface area contributed by atoms with Crippen molar-refractivity contribution in [1.82, 2.24) is 15.0 Å². The number of nitrogens with zero attached hydrogens (tertiary/aromatic N) is 2. The number of ether oxygens (including phenoxy) is 1. The Labute approximate surface area is 216 Å². The number of imide groups is 1. The molecule has 1 atom stereocenters. The number of halogens is 3. The fraction of sp³-hybridized carbons (Fsp3) is 0.208. The van der Waals surface area contributed by atoms with E-state index in [-0.39, 0.29) is 24.3 Å². The molecule has 38 heavy (non-hydrogen) atoms. The third-order valence-electron chi connectivity index (χ3n) is 5.60. The first-order valence-electron chi connectivity index (χ1n) is 11.1. The summed E-state index contributed by atoms with van der Waals surface area (Å²) in [5, 5.41) is 2.58. The number of anilines is 2. The highest BCUT2D eigenvalue weighted by molar-refractivity contribution is 7.90. The van der Waals surface area contributed by atoms with Crippen LogP contribution in [0.5, 0.6) is 5.75 Å². The van der Waals surface area contributed by atoms with E-state index in [1.54, 1.807) is 30.3 Å². The molecule has 1 fully saturated rings. The number of benzene rings is 2. The average molecular weight is 550 g/mol. The van der Waals surface area contributed by atoms with Crippen molar-refractivity contribution in [2.24, 2.45) is 0 Å². The van der Waals surface area contributed by atoms with Crippen LogP contribution in [0.2, 0.25) is 0 Å². The molecule has 1 aliphatic rings. The lowest BCUT2D eigenvalue weighted by Gasteiger charge is -2.23. The van der Waals surface area contributed by atoms with Crippen molar-refractivity contribution in [1.29, 1.82) is 0 Å². The lowest BCUT2D eigenvalue weighted by molar-refractivity contribution is -0.274. The first-order valence-corrected chi connectivity index (χ1v) is 12.6.